The minimum absolute atomic E-state index is 0.0478. The van der Waals surface area contributed by atoms with E-state index in [0.717, 1.165) is 5.56 Å². The third-order valence-corrected chi connectivity index (χ3v) is 5.42. The maximum Gasteiger partial charge on any atom is 0.250 e. The lowest BCUT2D eigenvalue weighted by atomic mass is 10.1. The second-order valence-corrected chi connectivity index (χ2v) is 7.96. The van der Waals surface area contributed by atoms with Crippen LogP contribution in [0, 0.1) is 5.82 Å². The standard InChI is InChI=1S/C19H20FN3O3S/c20-17-11-5-4-10-16(17)19-23-22-18(26-19)12-13-21-27(24,25)14-6-9-15-7-2-1-3-8-15/h1-5,7-8,10-11,21H,6,9,12-14H2. The Kier molecular flexibility index (Phi) is 6.31. The molecule has 0 aliphatic carbocycles. The molecule has 2 aromatic carbocycles. The summed E-state index contributed by atoms with van der Waals surface area (Å²) in [6.07, 6.45) is 1.48. The number of hydrogen-bond acceptors (Lipinski definition) is 5. The first-order valence-corrected chi connectivity index (χ1v) is 10.3. The quantitative estimate of drug-likeness (QED) is 0.608. The van der Waals surface area contributed by atoms with E-state index in [1.807, 2.05) is 30.3 Å². The van der Waals surface area contributed by atoms with Crippen molar-refractivity contribution >= 4 is 10.0 Å². The topological polar surface area (TPSA) is 85.1 Å². The third kappa shape index (κ3) is 5.70. The number of aryl methyl sites for hydroxylation is 1. The van der Waals surface area contributed by atoms with E-state index in [2.05, 4.69) is 14.9 Å². The second-order valence-electron chi connectivity index (χ2n) is 6.03. The van der Waals surface area contributed by atoms with E-state index < -0.39 is 15.8 Å². The molecule has 0 unspecified atom stereocenters. The lowest BCUT2D eigenvalue weighted by Gasteiger charge is -2.05. The van der Waals surface area contributed by atoms with Crippen molar-refractivity contribution in [2.24, 2.45) is 0 Å². The molecule has 0 saturated heterocycles. The number of rotatable bonds is 9. The summed E-state index contributed by atoms with van der Waals surface area (Å²) in [6, 6.07) is 15.8. The smallest absolute Gasteiger partial charge is 0.250 e. The molecule has 3 rings (SSSR count). The Hall–Kier alpha value is -2.58. The summed E-state index contributed by atoms with van der Waals surface area (Å²) in [5, 5.41) is 7.65. The molecule has 0 spiro atoms. The molecule has 0 radical (unpaired) electrons. The van der Waals surface area contributed by atoms with Crippen LogP contribution >= 0.6 is 0 Å². The van der Waals surface area contributed by atoms with Crippen LogP contribution in [0.4, 0.5) is 4.39 Å². The van der Waals surface area contributed by atoms with Crippen LogP contribution in [0.15, 0.2) is 59.0 Å². The van der Waals surface area contributed by atoms with Gasteiger partial charge in [-0.3, -0.25) is 0 Å². The van der Waals surface area contributed by atoms with E-state index in [1.165, 1.54) is 6.07 Å². The number of nitrogens with zero attached hydrogens (tertiary/aromatic N) is 2. The molecule has 27 heavy (non-hydrogen) atoms. The molecule has 0 fully saturated rings. The molecule has 1 heterocycles. The molecule has 0 aliphatic rings. The van der Waals surface area contributed by atoms with Gasteiger partial charge in [0.2, 0.25) is 15.9 Å². The number of benzene rings is 2. The minimum atomic E-state index is -3.37. The highest BCUT2D eigenvalue weighted by Gasteiger charge is 2.14. The molecule has 1 N–H and O–H groups in total. The Morgan fingerprint density at radius 2 is 1.70 bits per heavy atom. The molecule has 142 valence electrons. The average Bonchev–Trinajstić information content (AvgIpc) is 3.11. The fourth-order valence-electron chi connectivity index (χ4n) is 2.59. The van der Waals surface area contributed by atoms with Gasteiger partial charge in [0, 0.05) is 13.0 Å². The molecule has 0 aliphatic heterocycles. The Morgan fingerprint density at radius 1 is 0.963 bits per heavy atom. The van der Waals surface area contributed by atoms with Crippen molar-refractivity contribution in [1.82, 2.24) is 14.9 Å². The third-order valence-electron chi connectivity index (χ3n) is 3.95. The Bertz CT molecular complexity index is 975. The number of sulfonamides is 1. The maximum atomic E-state index is 13.7. The first kappa shape index (κ1) is 19.2. The van der Waals surface area contributed by atoms with Gasteiger partial charge in [-0.15, -0.1) is 10.2 Å². The zero-order valence-electron chi connectivity index (χ0n) is 14.6. The number of aromatic nitrogens is 2. The van der Waals surface area contributed by atoms with E-state index in [9.17, 15) is 12.8 Å². The van der Waals surface area contributed by atoms with Gasteiger partial charge in [-0.1, -0.05) is 42.5 Å². The van der Waals surface area contributed by atoms with Gasteiger partial charge in [0.1, 0.15) is 5.82 Å². The van der Waals surface area contributed by atoms with Crippen LogP contribution in [0.3, 0.4) is 0 Å². The zero-order chi connectivity index (χ0) is 19.1. The van der Waals surface area contributed by atoms with E-state index in [0.29, 0.717) is 12.8 Å². The second kappa shape index (κ2) is 8.88. The predicted molar refractivity (Wildman–Crippen MR) is 99.9 cm³/mol. The molecule has 8 heteroatoms. The van der Waals surface area contributed by atoms with Crippen molar-refractivity contribution in [3.05, 3.63) is 71.9 Å². The van der Waals surface area contributed by atoms with Gasteiger partial charge >= 0.3 is 0 Å². The van der Waals surface area contributed by atoms with Gasteiger partial charge in [-0.2, -0.15) is 0 Å². The summed E-state index contributed by atoms with van der Waals surface area (Å²) in [5.74, 6) is -0.0764. The van der Waals surface area contributed by atoms with Crippen molar-refractivity contribution in [2.75, 3.05) is 12.3 Å². The Balaban J connectivity index is 1.46. The van der Waals surface area contributed by atoms with Crippen LogP contribution in [0.25, 0.3) is 11.5 Å². The summed E-state index contributed by atoms with van der Waals surface area (Å²) >= 11 is 0. The summed E-state index contributed by atoms with van der Waals surface area (Å²) in [7, 11) is -3.37. The number of hydrogen-bond donors (Lipinski definition) is 1. The monoisotopic (exact) mass is 389 g/mol. The molecule has 3 aromatic rings. The van der Waals surface area contributed by atoms with Crippen molar-refractivity contribution in [2.45, 2.75) is 19.3 Å². The normalized spacial score (nSPS) is 11.6. The van der Waals surface area contributed by atoms with Gasteiger partial charge in [0.15, 0.2) is 0 Å². The van der Waals surface area contributed by atoms with Crippen LogP contribution in [-0.2, 0) is 22.9 Å². The summed E-state index contributed by atoms with van der Waals surface area (Å²) in [6.45, 7) is 0.145. The van der Waals surface area contributed by atoms with Crippen LogP contribution in [0.2, 0.25) is 0 Å². The zero-order valence-corrected chi connectivity index (χ0v) is 15.5. The SMILES string of the molecule is O=S(=O)(CCCc1ccccc1)NCCc1nnc(-c2ccccc2F)o1. The summed E-state index contributed by atoms with van der Waals surface area (Å²) in [5.41, 5.74) is 1.33. The van der Waals surface area contributed by atoms with Gasteiger partial charge in [-0.05, 0) is 30.5 Å². The van der Waals surface area contributed by atoms with Gasteiger partial charge in [0.25, 0.3) is 5.89 Å². The van der Waals surface area contributed by atoms with Gasteiger partial charge in [-0.25, -0.2) is 17.5 Å². The minimum Gasteiger partial charge on any atom is -0.421 e. The fourth-order valence-corrected chi connectivity index (χ4v) is 3.68. The van der Waals surface area contributed by atoms with Crippen LogP contribution in [-0.4, -0.2) is 30.9 Å². The average molecular weight is 389 g/mol. The molecule has 6 nitrogen and oxygen atoms in total. The molecule has 0 amide bonds. The van der Waals surface area contributed by atoms with Crippen LogP contribution in [0.1, 0.15) is 17.9 Å². The fraction of sp³-hybridized carbons (Fsp3) is 0.263. The lowest BCUT2D eigenvalue weighted by molar-refractivity contribution is 0.498. The molecule has 1 aromatic heterocycles. The Morgan fingerprint density at radius 3 is 2.48 bits per heavy atom. The highest BCUT2D eigenvalue weighted by atomic mass is 32.2. The van der Waals surface area contributed by atoms with Crippen molar-refractivity contribution in [1.29, 1.82) is 0 Å². The predicted octanol–water partition coefficient (Wildman–Crippen LogP) is 2.97. The molecular weight excluding hydrogens is 369 g/mol. The van der Waals surface area contributed by atoms with E-state index in [1.54, 1.807) is 18.2 Å². The molecular formula is C19H20FN3O3S. The summed E-state index contributed by atoms with van der Waals surface area (Å²) in [4.78, 5) is 0. The first-order chi connectivity index (χ1) is 13.0. The molecule has 0 bridgehead atoms. The summed E-state index contributed by atoms with van der Waals surface area (Å²) < 4.78 is 45.8. The first-order valence-electron chi connectivity index (χ1n) is 8.62. The maximum absolute atomic E-state index is 13.7. The van der Waals surface area contributed by atoms with Crippen molar-refractivity contribution in [3.63, 3.8) is 0 Å². The van der Waals surface area contributed by atoms with E-state index in [-0.39, 0.29) is 36.1 Å². The highest BCUT2D eigenvalue weighted by Crippen LogP contribution is 2.20. The highest BCUT2D eigenvalue weighted by molar-refractivity contribution is 7.89. The van der Waals surface area contributed by atoms with E-state index in [4.69, 9.17) is 4.42 Å². The Labute approximate surface area is 157 Å². The molecule has 0 saturated carbocycles. The number of halogens is 1. The van der Waals surface area contributed by atoms with Crippen LogP contribution in [0.5, 0.6) is 0 Å². The van der Waals surface area contributed by atoms with Gasteiger partial charge < -0.3 is 4.42 Å². The number of nitrogens with one attached hydrogen (secondary N) is 1. The molecule has 0 atom stereocenters. The van der Waals surface area contributed by atoms with Gasteiger partial charge in [0.05, 0.1) is 11.3 Å². The lowest BCUT2D eigenvalue weighted by Crippen LogP contribution is -2.28. The van der Waals surface area contributed by atoms with Crippen LogP contribution < -0.4 is 4.72 Å². The van der Waals surface area contributed by atoms with E-state index >= 15 is 0 Å². The van der Waals surface area contributed by atoms with Crippen molar-refractivity contribution in [3.8, 4) is 11.5 Å². The van der Waals surface area contributed by atoms with Crippen molar-refractivity contribution < 1.29 is 17.2 Å². The largest absolute Gasteiger partial charge is 0.421 e.